The number of nitrogens with two attached hydrogens (primary N) is 1. The minimum absolute atomic E-state index is 0.135. The molecule has 0 unspecified atom stereocenters. The van der Waals surface area contributed by atoms with Gasteiger partial charge in [0.2, 0.25) is 0 Å². The van der Waals surface area contributed by atoms with E-state index in [1.165, 1.54) is 5.39 Å². The summed E-state index contributed by atoms with van der Waals surface area (Å²) in [6.07, 6.45) is 3.88. The number of para-hydroxylation sites is 1. The van der Waals surface area contributed by atoms with Crippen molar-refractivity contribution in [3.05, 3.63) is 42.5 Å². The van der Waals surface area contributed by atoms with E-state index in [0.717, 1.165) is 22.6 Å². The molecule has 20 heavy (non-hydrogen) atoms. The molecule has 0 amide bonds. The topological polar surface area (TPSA) is 79.7 Å². The van der Waals surface area contributed by atoms with Gasteiger partial charge in [0, 0.05) is 29.2 Å². The zero-order valence-corrected chi connectivity index (χ0v) is 11.0. The Morgan fingerprint density at radius 1 is 1.30 bits per heavy atom. The fourth-order valence-corrected chi connectivity index (χ4v) is 2.72. The molecule has 4 rings (SSSR count). The standard InChI is InChI=1S/C15H16N4O/c16-7-15(8-20-9-15)14-18-6-13(19-14)11-5-17-12-4-2-1-3-10(11)12/h1-6,17H,7-9,16H2,(H,18,19). The van der Waals surface area contributed by atoms with Crippen LogP contribution in [0.2, 0.25) is 0 Å². The molecule has 4 N–H and O–H groups in total. The number of imidazole rings is 1. The molecule has 3 aromatic rings. The number of aromatic amines is 2. The SMILES string of the molecule is NCC1(c2ncc(-c3c[nH]c4ccccc34)[nH]2)COC1. The van der Waals surface area contributed by atoms with Gasteiger partial charge in [0.25, 0.3) is 0 Å². The van der Waals surface area contributed by atoms with Gasteiger partial charge in [0.05, 0.1) is 30.5 Å². The molecule has 3 heterocycles. The van der Waals surface area contributed by atoms with Crippen LogP contribution in [0.5, 0.6) is 0 Å². The maximum Gasteiger partial charge on any atom is 0.118 e. The zero-order valence-electron chi connectivity index (χ0n) is 11.0. The summed E-state index contributed by atoms with van der Waals surface area (Å²) in [4.78, 5) is 11.2. The van der Waals surface area contributed by atoms with Crippen LogP contribution in [0.1, 0.15) is 5.82 Å². The average Bonchev–Trinajstić information content (AvgIpc) is 3.04. The van der Waals surface area contributed by atoms with E-state index >= 15 is 0 Å². The lowest BCUT2D eigenvalue weighted by Crippen LogP contribution is -2.52. The first-order valence-corrected chi connectivity index (χ1v) is 6.72. The quantitative estimate of drug-likeness (QED) is 0.677. The molecule has 2 aromatic heterocycles. The number of rotatable bonds is 3. The molecule has 0 spiro atoms. The van der Waals surface area contributed by atoms with Crippen LogP contribution in [0, 0.1) is 0 Å². The molecule has 0 atom stereocenters. The van der Waals surface area contributed by atoms with E-state index in [-0.39, 0.29) is 5.41 Å². The van der Waals surface area contributed by atoms with E-state index in [9.17, 15) is 0 Å². The van der Waals surface area contributed by atoms with Crippen molar-refractivity contribution < 1.29 is 4.74 Å². The summed E-state index contributed by atoms with van der Waals surface area (Å²) in [6.45, 7) is 1.84. The number of ether oxygens (including phenoxy) is 1. The van der Waals surface area contributed by atoms with Crippen LogP contribution < -0.4 is 5.73 Å². The van der Waals surface area contributed by atoms with E-state index < -0.39 is 0 Å². The fraction of sp³-hybridized carbons (Fsp3) is 0.267. The Labute approximate surface area is 116 Å². The number of H-pyrrole nitrogens is 2. The van der Waals surface area contributed by atoms with Crippen LogP contribution in [0.3, 0.4) is 0 Å². The lowest BCUT2D eigenvalue weighted by molar-refractivity contribution is -0.0589. The minimum Gasteiger partial charge on any atom is -0.379 e. The third-order valence-corrected chi connectivity index (χ3v) is 4.11. The highest BCUT2D eigenvalue weighted by Gasteiger charge is 2.41. The monoisotopic (exact) mass is 268 g/mol. The normalized spacial score (nSPS) is 17.2. The predicted molar refractivity (Wildman–Crippen MR) is 77.4 cm³/mol. The summed E-state index contributed by atoms with van der Waals surface area (Å²) in [7, 11) is 0. The highest BCUT2D eigenvalue weighted by atomic mass is 16.5. The summed E-state index contributed by atoms with van der Waals surface area (Å²) in [6, 6.07) is 8.23. The van der Waals surface area contributed by atoms with E-state index in [0.29, 0.717) is 19.8 Å². The van der Waals surface area contributed by atoms with Crippen molar-refractivity contribution in [1.29, 1.82) is 0 Å². The third-order valence-electron chi connectivity index (χ3n) is 4.11. The van der Waals surface area contributed by atoms with Crippen LogP contribution in [0.15, 0.2) is 36.7 Å². The van der Waals surface area contributed by atoms with Crippen molar-refractivity contribution in [3.8, 4) is 11.3 Å². The first kappa shape index (κ1) is 11.7. The van der Waals surface area contributed by atoms with Gasteiger partial charge in [-0.15, -0.1) is 0 Å². The zero-order chi connectivity index (χ0) is 13.6. The number of benzene rings is 1. The first-order valence-electron chi connectivity index (χ1n) is 6.72. The van der Waals surface area contributed by atoms with Crippen molar-refractivity contribution in [3.63, 3.8) is 0 Å². The van der Waals surface area contributed by atoms with E-state index in [2.05, 4.69) is 27.1 Å². The van der Waals surface area contributed by atoms with Gasteiger partial charge in [-0.1, -0.05) is 18.2 Å². The molecule has 1 aliphatic heterocycles. The fourth-order valence-electron chi connectivity index (χ4n) is 2.72. The maximum absolute atomic E-state index is 5.87. The Hall–Kier alpha value is -2.11. The molecule has 0 bridgehead atoms. The molecule has 5 heteroatoms. The van der Waals surface area contributed by atoms with Gasteiger partial charge in [-0.25, -0.2) is 4.98 Å². The molecule has 1 fully saturated rings. The van der Waals surface area contributed by atoms with Crippen LogP contribution in [-0.2, 0) is 10.2 Å². The summed E-state index contributed by atoms with van der Waals surface area (Å²) in [5, 5.41) is 1.19. The number of hydrogen-bond acceptors (Lipinski definition) is 3. The number of fused-ring (bicyclic) bond motifs is 1. The molecule has 0 radical (unpaired) electrons. The molecular formula is C15H16N4O. The molecular weight excluding hydrogens is 252 g/mol. The van der Waals surface area contributed by atoms with Crippen molar-refractivity contribution in [2.24, 2.45) is 5.73 Å². The third kappa shape index (κ3) is 1.54. The first-order chi connectivity index (χ1) is 9.82. The Morgan fingerprint density at radius 3 is 2.90 bits per heavy atom. The summed E-state index contributed by atoms with van der Waals surface area (Å²) >= 11 is 0. The summed E-state index contributed by atoms with van der Waals surface area (Å²) in [5.41, 5.74) is 9.01. The van der Waals surface area contributed by atoms with Gasteiger partial charge < -0.3 is 20.4 Å². The van der Waals surface area contributed by atoms with Gasteiger partial charge in [-0.05, 0) is 6.07 Å². The smallest absolute Gasteiger partial charge is 0.118 e. The van der Waals surface area contributed by atoms with Gasteiger partial charge in [-0.3, -0.25) is 0 Å². The van der Waals surface area contributed by atoms with Crippen molar-refractivity contribution in [2.75, 3.05) is 19.8 Å². The minimum atomic E-state index is -0.135. The Bertz CT molecular complexity index is 748. The molecule has 0 aliphatic carbocycles. The van der Waals surface area contributed by atoms with Crippen molar-refractivity contribution >= 4 is 10.9 Å². The second kappa shape index (κ2) is 4.19. The lowest BCUT2D eigenvalue weighted by atomic mass is 9.85. The Kier molecular flexibility index (Phi) is 2.45. The lowest BCUT2D eigenvalue weighted by Gasteiger charge is -2.38. The Morgan fingerprint density at radius 2 is 2.15 bits per heavy atom. The molecule has 1 aliphatic rings. The number of nitrogens with zero attached hydrogens (tertiary/aromatic N) is 1. The van der Waals surface area contributed by atoms with Gasteiger partial charge in [-0.2, -0.15) is 0 Å². The van der Waals surface area contributed by atoms with Crippen LogP contribution in [0.25, 0.3) is 22.2 Å². The van der Waals surface area contributed by atoms with Gasteiger partial charge in [0.15, 0.2) is 0 Å². The molecule has 102 valence electrons. The second-order valence-electron chi connectivity index (χ2n) is 5.37. The summed E-state index contributed by atoms with van der Waals surface area (Å²) in [5.74, 6) is 0.923. The molecule has 0 saturated carbocycles. The van der Waals surface area contributed by atoms with Crippen molar-refractivity contribution in [1.82, 2.24) is 15.0 Å². The predicted octanol–water partition coefficient (Wildman–Crippen LogP) is 1.78. The van der Waals surface area contributed by atoms with E-state index in [4.69, 9.17) is 10.5 Å². The summed E-state index contributed by atoms with van der Waals surface area (Å²) < 4.78 is 5.31. The highest BCUT2D eigenvalue weighted by Crippen LogP contribution is 2.32. The second-order valence-corrected chi connectivity index (χ2v) is 5.37. The molecule has 1 aromatic carbocycles. The molecule has 1 saturated heterocycles. The van der Waals surface area contributed by atoms with Crippen LogP contribution in [-0.4, -0.2) is 34.7 Å². The van der Waals surface area contributed by atoms with E-state index in [1.807, 2.05) is 24.5 Å². The van der Waals surface area contributed by atoms with Gasteiger partial charge >= 0.3 is 0 Å². The maximum atomic E-state index is 5.87. The van der Waals surface area contributed by atoms with Gasteiger partial charge in [0.1, 0.15) is 5.82 Å². The average molecular weight is 268 g/mol. The van der Waals surface area contributed by atoms with E-state index in [1.54, 1.807) is 0 Å². The Balaban J connectivity index is 1.78. The number of nitrogens with one attached hydrogen (secondary N) is 2. The van der Waals surface area contributed by atoms with Crippen LogP contribution >= 0.6 is 0 Å². The number of hydrogen-bond donors (Lipinski definition) is 3. The van der Waals surface area contributed by atoms with Crippen molar-refractivity contribution in [2.45, 2.75) is 5.41 Å². The largest absolute Gasteiger partial charge is 0.379 e. The van der Waals surface area contributed by atoms with Crippen LogP contribution in [0.4, 0.5) is 0 Å². The molecule has 5 nitrogen and oxygen atoms in total. The highest BCUT2D eigenvalue weighted by molar-refractivity contribution is 5.94. The number of aromatic nitrogens is 3.